The van der Waals surface area contributed by atoms with Crippen LogP contribution in [0.5, 0.6) is 5.75 Å². The highest BCUT2D eigenvalue weighted by atomic mass is 35.5. The number of hydrogen-bond acceptors (Lipinski definition) is 4. The lowest BCUT2D eigenvalue weighted by Crippen LogP contribution is -2.48. The Morgan fingerprint density at radius 3 is 2.43 bits per heavy atom. The Morgan fingerprint density at radius 1 is 1.13 bits per heavy atom. The second-order valence-electron chi connectivity index (χ2n) is 7.64. The van der Waals surface area contributed by atoms with Gasteiger partial charge in [-0.1, -0.05) is 23.7 Å². The molecule has 2 atom stereocenters. The van der Waals surface area contributed by atoms with Gasteiger partial charge in [0.15, 0.2) is 6.61 Å². The molecule has 2 unspecified atom stereocenters. The summed E-state index contributed by atoms with van der Waals surface area (Å²) in [5.41, 5.74) is 2.43. The molecule has 0 saturated carbocycles. The Hall–Kier alpha value is -2.57. The fourth-order valence-electron chi connectivity index (χ4n) is 3.40. The molecule has 3 rings (SSSR count). The Balaban J connectivity index is 1.47. The molecule has 1 heterocycles. The number of hydrogen-bond donors (Lipinski definition) is 1. The van der Waals surface area contributed by atoms with Crippen LogP contribution in [0.4, 0.5) is 0 Å². The number of halogens is 1. The lowest BCUT2D eigenvalue weighted by molar-refractivity contribution is -0.123. The number of carbonyl (C=O) groups excluding carboxylic acids is 2. The van der Waals surface area contributed by atoms with E-state index >= 15 is 0 Å². The third-order valence-corrected chi connectivity index (χ3v) is 5.32. The van der Waals surface area contributed by atoms with Crippen LogP contribution < -0.4 is 10.1 Å². The molecule has 7 heteroatoms. The van der Waals surface area contributed by atoms with E-state index in [2.05, 4.69) is 5.32 Å². The van der Waals surface area contributed by atoms with Crippen molar-refractivity contribution in [1.82, 2.24) is 10.2 Å². The van der Waals surface area contributed by atoms with Crippen molar-refractivity contribution in [1.29, 1.82) is 0 Å². The SMILES string of the molecule is Cc1cc(OCC(=O)NCc2ccc(C(=O)N3CC(C)OC(C)C3)cc2)ccc1Cl. The summed E-state index contributed by atoms with van der Waals surface area (Å²) in [6.45, 7) is 7.29. The molecule has 1 fully saturated rings. The number of morpholine rings is 1. The normalized spacial score (nSPS) is 18.7. The molecule has 1 saturated heterocycles. The van der Waals surface area contributed by atoms with E-state index in [4.69, 9.17) is 21.1 Å². The van der Waals surface area contributed by atoms with Crippen LogP contribution in [0.25, 0.3) is 0 Å². The smallest absolute Gasteiger partial charge is 0.258 e. The van der Waals surface area contributed by atoms with E-state index in [1.54, 1.807) is 30.3 Å². The molecular weight excluding hydrogens is 404 g/mol. The van der Waals surface area contributed by atoms with Crippen molar-refractivity contribution in [2.75, 3.05) is 19.7 Å². The summed E-state index contributed by atoms with van der Waals surface area (Å²) in [5.74, 6) is 0.375. The summed E-state index contributed by atoms with van der Waals surface area (Å²) in [7, 11) is 0. The monoisotopic (exact) mass is 430 g/mol. The van der Waals surface area contributed by atoms with Crippen molar-refractivity contribution >= 4 is 23.4 Å². The largest absolute Gasteiger partial charge is 0.484 e. The summed E-state index contributed by atoms with van der Waals surface area (Å²) in [6, 6.07) is 12.6. The topological polar surface area (TPSA) is 67.9 Å². The maximum atomic E-state index is 12.7. The molecule has 1 aliphatic heterocycles. The number of ether oxygens (including phenoxy) is 2. The van der Waals surface area contributed by atoms with Gasteiger partial charge < -0.3 is 19.7 Å². The zero-order valence-corrected chi connectivity index (χ0v) is 18.2. The molecule has 1 N–H and O–H groups in total. The summed E-state index contributed by atoms with van der Waals surface area (Å²) in [6.07, 6.45) is 0.0670. The van der Waals surface area contributed by atoms with Gasteiger partial charge in [-0.3, -0.25) is 9.59 Å². The number of aryl methyl sites for hydroxylation is 1. The molecule has 2 aromatic rings. The molecule has 0 aliphatic carbocycles. The van der Waals surface area contributed by atoms with Gasteiger partial charge in [0.2, 0.25) is 0 Å². The molecule has 0 aromatic heterocycles. The lowest BCUT2D eigenvalue weighted by atomic mass is 10.1. The highest BCUT2D eigenvalue weighted by Gasteiger charge is 2.26. The molecule has 6 nitrogen and oxygen atoms in total. The number of nitrogens with one attached hydrogen (secondary N) is 1. The van der Waals surface area contributed by atoms with Gasteiger partial charge in [0.25, 0.3) is 11.8 Å². The molecule has 30 heavy (non-hydrogen) atoms. The molecule has 2 aromatic carbocycles. The second kappa shape index (κ2) is 9.96. The van der Waals surface area contributed by atoms with Gasteiger partial charge >= 0.3 is 0 Å². The standard InChI is InChI=1S/C23H27ClN2O4/c1-15-10-20(8-9-21(15)24)29-14-22(27)25-11-18-4-6-19(7-5-18)23(28)26-12-16(2)30-17(3)13-26/h4-10,16-17H,11-14H2,1-3H3,(H,25,27). The Labute approximate surface area is 182 Å². The van der Waals surface area contributed by atoms with Crippen LogP contribution in [-0.4, -0.2) is 48.6 Å². The van der Waals surface area contributed by atoms with Crippen LogP contribution in [0.3, 0.4) is 0 Å². The van der Waals surface area contributed by atoms with Gasteiger partial charge in [0.05, 0.1) is 12.2 Å². The van der Waals surface area contributed by atoms with Crippen molar-refractivity contribution in [3.8, 4) is 5.75 Å². The van der Waals surface area contributed by atoms with Crippen molar-refractivity contribution in [3.63, 3.8) is 0 Å². The van der Waals surface area contributed by atoms with E-state index in [1.807, 2.05) is 37.8 Å². The number of amides is 2. The minimum Gasteiger partial charge on any atom is -0.484 e. The zero-order valence-electron chi connectivity index (χ0n) is 17.5. The third kappa shape index (κ3) is 5.97. The highest BCUT2D eigenvalue weighted by Crippen LogP contribution is 2.21. The van der Waals surface area contributed by atoms with Crippen LogP contribution in [0.1, 0.15) is 35.3 Å². The molecule has 0 bridgehead atoms. The fourth-order valence-corrected chi connectivity index (χ4v) is 3.52. The van der Waals surface area contributed by atoms with Gasteiger partial charge in [0, 0.05) is 30.2 Å². The highest BCUT2D eigenvalue weighted by molar-refractivity contribution is 6.31. The molecule has 1 aliphatic rings. The lowest BCUT2D eigenvalue weighted by Gasteiger charge is -2.35. The average molecular weight is 431 g/mol. The third-order valence-electron chi connectivity index (χ3n) is 4.90. The van der Waals surface area contributed by atoms with Crippen LogP contribution >= 0.6 is 11.6 Å². The van der Waals surface area contributed by atoms with Crippen LogP contribution in [0.2, 0.25) is 5.02 Å². The summed E-state index contributed by atoms with van der Waals surface area (Å²) < 4.78 is 11.2. The Bertz CT molecular complexity index is 891. The molecule has 0 radical (unpaired) electrons. The zero-order chi connectivity index (χ0) is 21.7. The summed E-state index contributed by atoms with van der Waals surface area (Å²) in [4.78, 5) is 26.6. The van der Waals surface area contributed by atoms with Crippen LogP contribution in [0, 0.1) is 6.92 Å². The predicted molar refractivity (Wildman–Crippen MR) is 116 cm³/mol. The fraction of sp³-hybridized carbons (Fsp3) is 0.391. The van der Waals surface area contributed by atoms with Gasteiger partial charge in [-0.05, 0) is 62.2 Å². The second-order valence-corrected chi connectivity index (χ2v) is 8.05. The quantitative estimate of drug-likeness (QED) is 0.760. The number of carbonyl (C=O) groups is 2. The van der Waals surface area contributed by atoms with E-state index in [0.717, 1.165) is 11.1 Å². The van der Waals surface area contributed by atoms with Crippen molar-refractivity contribution in [2.24, 2.45) is 0 Å². The maximum Gasteiger partial charge on any atom is 0.258 e. The number of benzene rings is 2. The van der Waals surface area contributed by atoms with Gasteiger partial charge in [-0.15, -0.1) is 0 Å². The number of rotatable bonds is 6. The van der Waals surface area contributed by atoms with Crippen LogP contribution in [-0.2, 0) is 16.1 Å². The minimum absolute atomic E-state index is 0.000700. The summed E-state index contributed by atoms with van der Waals surface area (Å²) >= 11 is 5.98. The van der Waals surface area contributed by atoms with Crippen molar-refractivity contribution in [2.45, 2.75) is 39.5 Å². The van der Waals surface area contributed by atoms with E-state index < -0.39 is 0 Å². The minimum atomic E-state index is -0.223. The van der Waals surface area contributed by atoms with E-state index in [-0.39, 0.29) is 30.6 Å². The van der Waals surface area contributed by atoms with Crippen molar-refractivity contribution < 1.29 is 19.1 Å². The van der Waals surface area contributed by atoms with Gasteiger partial charge in [-0.25, -0.2) is 0 Å². The Kier molecular flexibility index (Phi) is 7.34. The number of nitrogens with zero attached hydrogens (tertiary/aromatic N) is 1. The first kappa shape index (κ1) is 22.1. The first-order valence-corrected chi connectivity index (χ1v) is 10.4. The Morgan fingerprint density at radius 2 is 1.80 bits per heavy atom. The van der Waals surface area contributed by atoms with Gasteiger partial charge in [0.1, 0.15) is 5.75 Å². The first-order chi connectivity index (χ1) is 14.3. The molecule has 0 spiro atoms. The van der Waals surface area contributed by atoms with E-state index in [9.17, 15) is 9.59 Å². The van der Waals surface area contributed by atoms with Crippen molar-refractivity contribution in [3.05, 3.63) is 64.2 Å². The first-order valence-electron chi connectivity index (χ1n) is 10.0. The maximum absolute atomic E-state index is 12.7. The molecule has 2 amide bonds. The average Bonchev–Trinajstić information content (AvgIpc) is 2.72. The summed E-state index contributed by atoms with van der Waals surface area (Å²) in [5, 5.41) is 3.48. The molecule has 160 valence electrons. The molecular formula is C23H27ClN2O4. The van der Waals surface area contributed by atoms with Crippen LogP contribution in [0.15, 0.2) is 42.5 Å². The van der Waals surface area contributed by atoms with Gasteiger partial charge in [-0.2, -0.15) is 0 Å². The van der Waals surface area contributed by atoms with E-state index in [1.165, 1.54) is 0 Å². The predicted octanol–water partition coefficient (Wildman–Crippen LogP) is 3.59. The van der Waals surface area contributed by atoms with E-state index in [0.29, 0.717) is 36.0 Å².